The number of halogens is 1. The molecule has 0 aromatic heterocycles. The Hall–Kier alpha value is -0.847. The molecule has 0 heterocycles. The van der Waals surface area contributed by atoms with E-state index in [0.29, 0.717) is 0 Å². The summed E-state index contributed by atoms with van der Waals surface area (Å²) >= 11 is -2.11. The molecule has 0 spiro atoms. The number of para-hydroxylation sites is 1. The maximum Gasteiger partial charge on any atom is -0.147 e. The van der Waals surface area contributed by atoms with Crippen LogP contribution in [0.4, 0.5) is 0 Å². The third-order valence-corrected chi connectivity index (χ3v) is 8.86. The summed E-state index contributed by atoms with van der Waals surface area (Å²) in [6.45, 7) is 0. The molecule has 0 fully saturated rings. The Morgan fingerprint density at radius 2 is 1.42 bits per heavy atom. The molecular formula is C16H16ClOZr. The van der Waals surface area contributed by atoms with E-state index in [1.807, 2.05) is 18.2 Å². The van der Waals surface area contributed by atoms with Crippen molar-refractivity contribution in [1.82, 2.24) is 0 Å². The third kappa shape index (κ3) is 3.58. The average molecular weight is 351 g/mol. The summed E-state index contributed by atoms with van der Waals surface area (Å²) in [5.41, 5.74) is 0. The number of hydrogen-bond donors (Lipinski definition) is 0. The van der Waals surface area contributed by atoms with E-state index in [9.17, 15) is 0 Å². The number of allylic oxidation sites excluding steroid dienone is 8. The fourth-order valence-corrected chi connectivity index (χ4v) is 7.46. The van der Waals surface area contributed by atoms with E-state index in [-0.39, 0.29) is 12.4 Å². The molecule has 2 aliphatic carbocycles. The van der Waals surface area contributed by atoms with Gasteiger partial charge in [-0.2, -0.15) is 0 Å². The van der Waals surface area contributed by atoms with Crippen molar-refractivity contribution in [3.05, 3.63) is 73.3 Å². The fraction of sp³-hybridized carbons (Fsp3) is 0.125. The number of hydrogen-bond acceptors (Lipinski definition) is 1. The van der Waals surface area contributed by atoms with Crippen molar-refractivity contribution < 1.29 is 25.0 Å². The van der Waals surface area contributed by atoms with Crippen molar-refractivity contribution in [2.45, 2.75) is 12.8 Å². The maximum atomic E-state index is 6.36. The second-order valence-electron chi connectivity index (χ2n) is 4.39. The Kier molecular flexibility index (Phi) is 5.42. The molecule has 0 unspecified atom stereocenters. The van der Waals surface area contributed by atoms with Crippen LogP contribution in [0.3, 0.4) is 0 Å². The minimum Gasteiger partial charge on any atom is -0.147 e. The van der Waals surface area contributed by atoms with Crippen LogP contribution in [0.1, 0.15) is 12.8 Å². The molecule has 3 heteroatoms. The van der Waals surface area contributed by atoms with Crippen molar-refractivity contribution >= 4 is 12.4 Å². The summed E-state index contributed by atoms with van der Waals surface area (Å²) in [6, 6.07) is 10.2. The van der Waals surface area contributed by atoms with Crippen LogP contribution in [0.25, 0.3) is 0 Å². The fourth-order valence-electron chi connectivity index (χ4n) is 2.17. The van der Waals surface area contributed by atoms with E-state index in [0.717, 1.165) is 18.6 Å². The number of rotatable bonds is 4. The van der Waals surface area contributed by atoms with Crippen molar-refractivity contribution in [2.75, 3.05) is 0 Å². The van der Waals surface area contributed by atoms with E-state index >= 15 is 0 Å². The quantitative estimate of drug-likeness (QED) is 0.764. The van der Waals surface area contributed by atoms with Gasteiger partial charge in [-0.1, -0.05) is 0 Å². The van der Waals surface area contributed by atoms with Gasteiger partial charge in [0.25, 0.3) is 0 Å². The van der Waals surface area contributed by atoms with Crippen LogP contribution in [0.5, 0.6) is 5.75 Å². The molecule has 0 aliphatic heterocycles. The third-order valence-electron chi connectivity index (χ3n) is 3.09. The molecule has 0 radical (unpaired) electrons. The molecule has 0 N–H and O–H groups in total. The van der Waals surface area contributed by atoms with Gasteiger partial charge < -0.3 is 0 Å². The van der Waals surface area contributed by atoms with Gasteiger partial charge in [0.05, 0.1) is 0 Å². The van der Waals surface area contributed by atoms with E-state index in [1.54, 1.807) is 0 Å². The first-order valence-corrected chi connectivity index (χ1v) is 9.71. The zero-order valence-corrected chi connectivity index (χ0v) is 13.9. The van der Waals surface area contributed by atoms with Gasteiger partial charge >= 0.3 is 117 Å². The average Bonchev–Trinajstić information content (AvgIpc) is 3.11. The Balaban J connectivity index is 0.00000133. The van der Waals surface area contributed by atoms with Gasteiger partial charge in [0.2, 0.25) is 0 Å². The predicted molar refractivity (Wildman–Crippen MR) is 78.0 cm³/mol. The maximum absolute atomic E-state index is 6.36. The summed E-state index contributed by atoms with van der Waals surface area (Å²) in [4.78, 5) is 0. The van der Waals surface area contributed by atoms with Gasteiger partial charge in [0, 0.05) is 0 Å². The van der Waals surface area contributed by atoms with Gasteiger partial charge in [-0.3, -0.25) is 0 Å². The summed E-state index contributed by atoms with van der Waals surface area (Å²) in [7, 11) is 0. The molecule has 19 heavy (non-hydrogen) atoms. The van der Waals surface area contributed by atoms with Gasteiger partial charge in [0.15, 0.2) is 0 Å². The van der Waals surface area contributed by atoms with Crippen LogP contribution in [-0.4, -0.2) is 0 Å². The van der Waals surface area contributed by atoms with Gasteiger partial charge in [-0.15, -0.1) is 12.4 Å². The first kappa shape index (κ1) is 14.6. The standard InChI is InChI=1S/C6H6O.2C5H5.ClH.Zr/c7-6-4-2-1-3-5-6;2*1-2-4-5-3-1;;/h1-5,7H;2*1-3H,4H2;1H;/q;;;;+1/p-1. The molecule has 3 rings (SSSR count). The van der Waals surface area contributed by atoms with Crippen LogP contribution < -0.4 is 2.81 Å². The Labute approximate surface area is 129 Å². The monoisotopic (exact) mass is 349 g/mol. The van der Waals surface area contributed by atoms with E-state index in [2.05, 4.69) is 48.6 Å². The first-order chi connectivity index (χ1) is 8.93. The Bertz CT molecular complexity index is 513. The minimum absolute atomic E-state index is 0. The molecule has 1 aromatic rings. The van der Waals surface area contributed by atoms with Crippen LogP contribution in [0.2, 0.25) is 0 Å². The molecule has 0 bridgehead atoms. The molecule has 97 valence electrons. The van der Waals surface area contributed by atoms with Crippen LogP contribution in [0, 0.1) is 0 Å². The van der Waals surface area contributed by atoms with E-state index in [4.69, 9.17) is 2.81 Å². The second-order valence-corrected chi connectivity index (χ2v) is 9.67. The number of benzene rings is 1. The van der Waals surface area contributed by atoms with Gasteiger partial charge in [0.1, 0.15) is 0 Å². The van der Waals surface area contributed by atoms with Crippen LogP contribution in [-0.2, 0) is 22.2 Å². The SMILES string of the molecule is C1=CC[C]([Zr]([O]c2ccccc2)[C]2=CC=CC2)=C1.Cl. The van der Waals surface area contributed by atoms with E-state index in [1.165, 1.54) is 6.56 Å². The molecule has 1 aromatic carbocycles. The van der Waals surface area contributed by atoms with Crippen molar-refractivity contribution in [1.29, 1.82) is 0 Å². The van der Waals surface area contributed by atoms with Crippen molar-refractivity contribution in [2.24, 2.45) is 0 Å². The van der Waals surface area contributed by atoms with Gasteiger partial charge in [-0.05, 0) is 0 Å². The summed E-state index contributed by atoms with van der Waals surface area (Å²) in [5.74, 6) is 1.02. The summed E-state index contributed by atoms with van der Waals surface area (Å²) in [6.07, 6.45) is 15.5. The zero-order valence-electron chi connectivity index (χ0n) is 10.6. The molecule has 2 aliphatic rings. The van der Waals surface area contributed by atoms with Gasteiger partial charge in [-0.25, -0.2) is 0 Å². The second kappa shape index (κ2) is 7.07. The predicted octanol–water partition coefficient (Wildman–Crippen LogP) is 4.71. The minimum atomic E-state index is -2.11. The molecule has 1 nitrogen and oxygen atoms in total. The van der Waals surface area contributed by atoms with Crippen molar-refractivity contribution in [3.8, 4) is 5.75 Å². The topological polar surface area (TPSA) is 9.23 Å². The normalized spacial score (nSPS) is 15.8. The van der Waals surface area contributed by atoms with Crippen LogP contribution in [0.15, 0.2) is 73.3 Å². The zero-order chi connectivity index (χ0) is 12.2. The molecular weight excluding hydrogens is 335 g/mol. The van der Waals surface area contributed by atoms with Crippen LogP contribution >= 0.6 is 12.4 Å². The molecule has 0 atom stereocenters. The van der Waals surface area contributed by atoms with Crippen molar-refractivity contribution in [3.63, 3.8) is 0 Å². The Morgan fingerprint density at radius 3 is 1.89 bits per heavy atom. The molecule has 0 saturated heterocycles. The smallest absolute Gasteiger partial charge is 0.147 e. The summed E-state index contributed by atoms with van der Waals surface area (Å²) in [5, 5.41) is 0. The largest absolute Gasteiger partial charge is 0.147 e. The molecule has 0 saturated carbocycles. The Morgan fingerprint density at radius 1 is 0.842 bits per heavy atom. The first-order valence-electron chi connectivity index (χ1n) is 6.25. The van der Waals surface area contributed by atoms with E-state index < -0.39 is 22.2 Å². The molecule has 0 amide bonds. The summed E-state index contributed by atoms with van der Waals surface area (Å²) < 4.78 is 9.44.